The molecule has 5 rings (SSSR count). The van der Waals surface area contributed by atoms with Gasteiger partial charge in [0, 0.05) is 41.1 Å². The molecule has 0 N–H and O–H groups in total. The zero-order valence-corrected chi connectivity index (χ0v) is 17.2. The summed E-state index contributed by atoms with van der Waals surface area (Å²) >= 11 is 0. The van der Waals surface area contributed by atoms with Crippen LogP contribution in [0.2, 0.25) is 0 Å². The number of hydrogen-bond donors (Lipinski definition) is 0. The first-order chi connectivity index (χ1) is 15.1. The van der Waals surface area contributed by atoms with Crippen LogP contribution in [0.3, 0.4) is 0 Å². The van der Waals surface area contributed by atoms with Gasteiger partial charge in [-0.25, -0.2) is 4.79 Å². The third kappa shape index (κ3) is 3.08. The molecule has 0 spiro atoms. The molecule has 0 bridgehead atoms. The van der Waals surface area contributed by atoms with Crippen molar-refractivity contribution in [2.75, 3.05) is 6.61 Å². The van der Waals surface area contributed by atoms with Gasteiger partial charge in [0.1, 0.15) is 18.1 Å². The SMILES string of the molecule is CCn1c2ccc(C(=O)c3ccccc3)cc2c2c3c(ccc21)/C(=N/OC(C)=O)CO3. The molecule has 31 heavy (non-hydrogen) atoms. The van der Waals surface area contributed by atoms with Crippen LogP contribution in [0.1, 0.15) is 35.3 Å². The molecule has 154 valence electrons. The quantitative estimate of drug-likeness (QED) is 0.277. The summed E-state index contributed by atoms with van der Waals surface area (Å²) in [4.78, 5) is 29.0. The van der Waals surface area contributed by atoms with E-state index in [1.165, 1.54) is 6.92 Å². The van der Waals surface area contributed by atoms with Crippen molar-refractivity contribution in [2.45, 2.75) is 20.4 Å². The summed E-state index contributed by atoms with van der Waals surface area (Å²) < 4.78 is 8.19. The van der Waals surface area contributed by atoms with E-state index in [0.717, 1.165) is 33.9 Å². The maximum absolute atomic E-state index is 13.0. The van der Waals surface area contributed by atoms with Crippen molar-refractivity contribution < 1.29 is 19.2 Å². The molecule has 6 nitrogen and oxygen atoms in total. The molecule has 4 aromatic rings. The average molecular weight is 412 g/mol. The highest BCUT2D eigenvalue weighted by Crippen LogP contribution is 2.41. The van der Waals surface area contributed by atoms with Crippen LogP contribution < -0.4 is 4.74 Å². The molecule has 2 heterocycles. The monoisotopic (exact) mass is 412 g/mol. The van der Waals surface area contributed by atoms with Crippen LogP contribution in [0.15, 0.2) is 65.8 Å². The summed E-state index contributed by atoms with van der Waals surface area (Å²) in [5.41, 5.74) is 4.69. The molecule has 1 aliphatic heterocycles. The number of hydrogen-bond acceptors (Lipinski definition) is 5. The Kier molecular flexibility index (Phi) is 4.55. The maximum atomic E-state index is 13.0. The number of ketones is 1. The number of ether oxygens (including phenoxy) is 1. The van der Waals surface area contributed by atoms with E-state index in [2.05, 4.69) is 16.6 Å². The Hall–Kier alpha value is -3.93. The Balaban J connectivity index is 1.72. The molecule has 0 amide bonds. The lowest BCUT2D eigenvalue weighted by Gasteiger charge is -2.04. The molecule has 0 atom stereocenters. The van der Waals surface area contributed by atoms with E-state index >= 15 is 0 Å². The molecule has 0 radical (unpaired) electrons. The summed E-state index contributed by atoms with van der Waals surface area (Å²) in [5.74, 6) is 0.198. The summed E-state index contributed by atoms with van der Waals surface area (Å²) in [5, 5.41) is 5.83. The standard InChI is InChI=1S/C25H20N2O4/c1-3-27-21-11-9-17(24(29)16-7-5-4-6-8-16)13-19(21)23-22(27)12-10-18-20(14-30-25(18)23)26-31-15(2)28/h4-13H,3,14H2,1-2H3/b26-20+. The van der Waals surface area contributed by atoms with Crippen molar-refractivity contribution in [1.82, 2.24) is 4.57 Å². The number of aryl methyl sites for hydroxylation is 1. The lowest BCUT2D eigenvalue weighted by atomic mass is 10.00. The molecule has 0 saturated carbocycles. The molecular formula is C25H20N2O4. The normalized spacial score (nSPS) is 14.1. The zero-order valence-electron chi connectivity index (χ0n) is 17.2. The lowest BCUT2D eigenvalue weighted by molar-refractivity contribution is -0.140. The second-order valence-corrected chi connectivity index (χ2v) is 7.42. The second kappa shape index (κ2) is 7.40. The second-order valence-electron chi connectivity index (χ2n) is 7.42. The highest BCUT2D eigenvalue weighted by molar-refractivity contribution is 6.20. The van der Waals surface area contributed by atoms with Crippen LogP contribution in [0.5, 0.6) is 5.75 Å². The first kappa shape index (κ1) is 19.1. The third-order valence-corrected chi connectivity index (χ3v) is 5.55. The van der Waals surface area contributed by atoms with Crippen LogP contribution in [-0.2, 0) is 16.2 Å². The van der Waals surface area contributed by atoms with Gasteiger partial charge in [-0.1, -0.05) is 35.5 Å². The number of fused-ring (bicyclic) bond motifs is 5. The number of carbonyl (C=O) groups excluding carboxylic acids is 2. The van der Waals surface area contributed by atoms with E-state index in [-0.39, 0.29) is 12.4 Å². The molecule has 1 aromatic heterocycles. The molecule has 3 aromatic carbocycles. The Bertz CT molecular complexity index is 1380. The van der Waals surface area contributed by atoms with Gasteiger partial charge in [-0.3, -0.25) is 4.79 Å². The highest BCUT2D eigenvalue weighted by atomic mass is 16.7. The van der Waals surface area contributed by atoms with E-state index in [1.54, 1.807) is 0 Å². The lowest BCUT2D eigenvalue weighted by Crippen LogP contribution is -2.04. The van der Waals surface area contributed by atoms with Crippen molar-refractivity contribution in [3.63, 3.8) is 0 Å². The fourth-order valence-corrected chi connectivity index (χ4v) is 4.19. The van der Waals surface area contributed by atoms with Gasteiger partial charge < -0.3 is 14.1 Å². The van der Waals surface area contributed by atoms with Gasteiger partial charge >= 0.3 is 5.97 Å². The molecule has 0 aliphatic carbocycles. The fraction of sp³-hybridized carbons (Fsp3) is 0.160. The van der Waals surface area contributed by atoms with Gasteiger partial charge in [-0.2, -0.15) is 0 Å². The van der Waals surface area contributed by atoms with Crippen LogP contribution in [0.25, 0.3) is 21.8 Å². The molecule has 0 saturated heterocycles. The Morgan fingerprint density at radius 3 is 2.55 bits per heavy atom. The van der Waals surface area contributed by atoms with E-state index in [4.69, 9.17) is 9.57 Å². The maximum Gasteiger partial charge on any atom is 0.331 e. The van der Waals surface area contributed by atoms with Gasteiger partial charge in [0.15, 0.2) is 5.78 Å². The molecule has 6 heteroatoms. The van der Waals surface area contributed by atoms with Crippen LogP contribution in [0.4, 0.5) is 0 Å². The predicted molar refractivity (Wildman–Crippen MR) is 119 cm³/mol. The highest BCUT2D eigenvalue weighted by Gasteiger charge is 2.26. The molecular weight excluding hydrogens is 392 g/mol. The fourth-order valence-electron chi connectivity index (χ4n) is 4.19. The molecule has 1 aliphatic rings. The van der Waals surface area contributed by atoms with Gasteiger partial charge in [-0.05, 0) is 37.3 Å². The number of aromatic nitrogens is 1. The molecule has 0 fully saturated rings. The summed E-state index contributed by atoms with van der Waals surface area (Å²) in [7, 11) is 0. The first-order valence-electron chi connectivity index (χ1n) is 10.1. The minimum atomic E-state index is -0.478. The average Bonchev–Trinajstić information content (AvgIpc) is 3.35. The first-order valence-corrected chi connectivity index (χ1v) is 10.1. The van der Waals surface area contributed by atoms with Crippen molar-refractivity contribution in [2.24, 2.45) is 5.16 Å². The van der Waals surface area contributed by atoms with Crippen LogP contribution in [0, 0.1) is 0 Å². The number of oxime groups is 1. The predicted octanol–water partition coefficient (Wildman–Crippen LogP) is 4.71. The van der Waals surface area contributed by atoms with E-state index < -0.39 is 5.97 Å². The topological polar surface area (TPSA) is 69.9 Å². The number of rotatable bonds is 4. The van der Waals surface area contributed by atoms with Crippen LogP contribution in [-0.4, -0.2) is 28.6 Å². The van der Waals surface area contributed by atoms with Crippen molar-refractivity contribution in [3.8, 4) is 5.75 Å². The zero-order chi connectivity index (χ0) is 21.5. The Morgan fingerprint density at radius 2 is 1.81 bits per heavy atom. The third-order valence-electron chi connectivity index (χ3n) is 5.55. The van der Waals surface area contributed by atoms with Crippen LogP contribution >= 0.6 is 0 Å². The Labute approximate surface area is 178 Å². The van der Waals surface area contributed by atoms with Crippen molar-refractivity contribution >= 4 is 39.3 Å². The van der Waals surface area contributed by atoms with E-state index in [1.807, 2.05) is 60.7 Å². The Morgan fingerprint density at radius 1 is 1.03 bits per heavy atom. The van der Waals surface area contributed by atoms with Crippen molar-refractivity contribution in [3.05, 3.63) is 77.4 Å². The number of benzene rings is 3. The smallest absolute Gasteiger partial charge is 0.331 e. The van der Waals surface area contributed by atoms with Gasteiger partial charge in [0.25, 0.3) is 0 Å². The largest absolute Gasteiger partial charge is 0.486 e. The van der Waals surface area contributed by atoms with Gasteiger partial charge in [0.05, 0.1) is 10.9 Å². The molecule has 0 unspecified atom stereocenters. The summed E-state index contributed by atoms with van der Waals surface area (Å²) in [6.07, 6.45) is 0. The minimum Gasteiger partial charge on any atom is -0.486 e. The van der Waals surface area contributed by atoms with E-state index in [9.17, 15) is 9.59 Å². The number of nitrogens with zero attached hydrogens (tertiary/aromatic N) is 2. The minimum absolute atomic E-state index is 0.0227. The van der Waals surface area contributed by atoms with Crippen molar-refractivity contribution in [1.29, 1.82) is 0 Å². The summed E-state index contributed by atoms with van der Waals surface area (Å²) in [6.45, 7) is 4.40. The van der Waals surface area contributed by atoms with E-state index in [0.29, 0.717) is 22.6 Å². The summed E-state index contributed by atoms with van der Waals surface area (Å²) in [6, 6.07) is 19.0. The van der Waals surface area contributed by atoms with Gasteiger partial charge in [0.2, 0.25) is 0 Å². The number of carbonyl (C=O) groups is 2. The van der Waals surface area contributed by atoms with Gasteiger partial charge in [-0.15, -0.1) is 0 Å².